The number of rotatable bonds is 7. The number of para-hydroxylation sites is 1. The Morgan fingerprint density at radius 1 is 0.897 bits per heavy atom. The van der Waals surface area contributed by atoms with Crippen molar-refractivity contribution in [2.75, 3.05) is 10.0 Å². The number of sulfonamides is 1. The molecule has 0 atom stereocenters. The number of hydrogen-bond acceptors (Lipinski definition) is 5. The van der Waals surface area contributed by atoms with Crippen molar-refractivity contribution in [3.63, 3.8) is 0 Å². The van der Waals surface area contributed by atoms with Gasteiger partial charge in [-0.15, -0.1) is 0 Å². The molecule has 4 aromatic rings. The molecular formula is C25H15Cl3F3N3O4S. The Labute approximate surface area is 235 Å². The fourth-order valence-electron chi connectivity index (χ4n) is 3.20. The largest absolute Gasteiger partial charge is 0.456 e. The molecule has 0 saturated carbocycles. The van der Waals surface area contributed by atoms with E-state index in [1.807, 2.05) is 0 Å². The summed E-state index contributed by atoms with van der Waals surface area (Å²) in [6, 6.07) is 16.5. The number of nitrogens with one attached hydrogen (secondary N) is 2. The molecule has 4 rings (SSSR count). The second-order valence-corrected chi connectivity index (χ2v) is 10.7. The lowest BCUT2D eigenvalue weighted by Crippen LogP contribution is -2.19. The molecular weight excluding hydrogens is 602 g/mol. The summed E-state index contributed by atoms with van der Waals surface area (Å²) in [5.41, 5.74) is -1.50. The van der Waals surface area contributed by atoms with E-state index in [4.69, 9.17) is 39.5 Å². The molecule has 0 aliphatic carbocycles. The van der Waals surface area contributed by atoms with Gasteiger partial charge in [0.2, 0.25) is 0 Å². The Morgan fingerprint density at radius 2 is 1.59 bits per heavy atom. The van der Waals surface area contributed by atoms with Gasteiger partial charge in [-0.05, 0) is 60.7 Å². The molecule has 0 radical (unpaired) electrons. The topological polar surface area (TPSA) is 97.4 Å². The predicted molar refractivity (Wildman–Crippen MR) is 142 cm³/mol. The number of ether oxygens (including phenoxy) is 1. The van der Waals surface area contributed by atoms with Crippen LogP contribution in [0.5, 0.6) is 11.5 Å². The second-order valence-electron chi connectivity index (χ2n) is 7.81. The number of pyridine rings is 1. The van der Waals surface area contributed by atoms with Gasteiger partial charge in [0.1, 0.15) is 11.5 Å². The Hall–Kier alpha value is -3.51. The minimum absolute atomic E-state index is 0.0932. The number of halogens is 6. The van der Waals surface area contributed by atoms with Crippen molar-refractivity contribution in [1.82, 2.24) is 4.98 Å². The van der Waals surface area contributed by atoms with E-state index in [-0.39, 0.29) is 27.0 Å². The minimum Gasteiger partial charge on any atom is -0.456 e. The molecule has 0 aliphatic heterocycles. The molecule has 0 aliphatic rings. The van der Waals surface area contributed by atoms with Crippen LogP contribution in [0.1, 0.15) is 15.9 Å². The predicted octanol–water partition coefficient (Wildman–Crippen LogP) is 7.91. The van der Waals surface area contributed by atoms with Crippen molar-refractivity contribution >= 4 is 62.2 Å². The smallest absolute Gasteiger partial charge is 0.417 e. The molecule has 0 saturated heterocycles. The highest BCUT2D eigenvalue weighted by atomic mass is 35.5. The normalized spacial score (nSPS) is 11.6. The number of hydrogen-bond donors (Lipinski definition) is 2. The third kappa shape index (κ3) is 6.93. The van der Waals surface area contributed by atoms with Crippen LogP contribution in [0.15, 0.2) is 83.9 Å². The highest BCUT2D eigenvalue weighted by Gasteiger charge is 2.32. The van der Waals surface area contributed by atoms with Gasteiger partial charge in [0.15, 0.2) is 5.82 Å². The van der Waals surface area contributed by atoms with Gasteiger partial charge in [0.25, 0.3) is 15.9 Å². The molecule has 202 valence electrons. The Kier molecular flexibility index (Phi) is 8.26. The van der Waals surface area contributed by atoms with Gasteiger partial charge in [-0.3, -0.25) is 9.52 Å². The molecule has 2 N–H and O–H groups in total. The van der Waals surface area contributed by atoms with Crippen molar-refractivity contribution < 1.29 is 31.1 Å². The summed E-state index contributed by atoms with van der Waals surface area (Å²) < 4.78 is 72.7. The van der Waals surface area contributed by atoms with Crippen LogP contribution in [0.25, 0.3) is 0 Å². The van der Waals surface area contributed by atoms with E-state index in [1.165, 1.54) is 42.5 Å². The van der Waals surface area contributed by atoms with Crippen LogP contribution in [0.2, 0.25) is 15.1 Å². The quantitative estimate of drug-likeness (QED) is 0.220. The Bertz CT molecular complexity index is 1650. The standard InChI is InChI=1S/C25H15Cl3F3N3O4S/c26-15-5-10-21(18(12-15)24(35)33-23-20(28)11-14(13-32-23)25(29,30)31)34-39(36,37)17-8-6-16(7-9-17)38-22-4-2-1-3-19(22)27/h1-13,34H,(H,32,33,35). The average molecular weight is 617 g/mol. The van der Waals surface area contributed by atoms with Gasteiger partial charge in [0, 0.05) is 11.2 Å². The Morgan fingerprint density at radius 3 is 2.23 bits per heavy atom. The van der Waals surface area contributed by atoms with Gasteiger partial charge < -0.3 is 10.1 Å². The maximum Gasteiger partial charge on any atom is 0.417 e. The molecule has 0 spiro atoms. The first kappa shape index (κ1) is 28.5. The molecule has 0 bridgehead atoms. The number of benzene rings is 3. The zero-order valence-corrected chi connectivity index (χ0v) is 22.3. The molecule has 0 unspecified atom stereocenters. The van der Waals surface area contributed by atoms with Crippen molar-refractivity contribution in [3.05, 3.63) is 105 Å². The van der Waals surface area contributed by atoms with E-state index in [9.17, 15) is 26.4 Å². The van der Waals surface area contributed by atoms with Crippen LogP contribution in [0, 0.1) is 0 Å². The lowest BCUT2D eigenvalue weighted by Gasteiger charge is -2.14. The van der Waals surface area contributed by atoms with Crippen LogP contribution in [-0.2, 0) is 16.2 Å². The van der Waals surface area contributed by atoms with E-state index in [0.717, 1.165) is 0 Å². The molecule has 0 fully saturated rings. The van der Waals surface area contributed by atoms with E-state index in [2.05, 4.69) is 15.0 Å². The van der Waals surface area contributed by atoms with Crippen LogP contribution in [-0.4, -0.2) is 19.3 Å². The number of alkyl halides is 3. The third-order valence-electron chi connectivity index (χ3n) is 5.07. The first-order valence-electron chi connectivity index (χ1n) is 10.7. The summed E-state index contributed by atoms with van der Waals surface area (Å²) in [7, 11) is -4.20. The number of amides is 1. The summed E-state index contributed by atoms with van der Waals surface area (Å²) >= 11 is 17.9. The second kappa shape index (κ2) is 11.3. The zero-order valence-electron chi connectivity index (χ0n) is 19.3. The molecule has 1 amide bonds. The maximum atomic E-state index is 13.1. The highest BCUT2D eigenvalue weighted by molar-refractivity contribution is 7.92. The first-order valence-corrected chi connectivity index (χ1v) is 13.3. The first-order chi connectivity index (χ1) is 18.3. The zero-order chi connectivity index (χ0) is 28.4. The van der Waals surface area contributed by atoms with Gasteiger partial charge >= 0.3 is 6.18 Å². The van der Waals surface area contributed by atoms with Gasteiger partial charge in [0.05, 0.1) is 31.8 Å². The maximum absolute atomic E-state index is 13.1. The van der Waals surface area contributed by atoms with Crippen molar-refractivity contribution in [1.29, 1.82) is 0 Å². The van der Waals surface area contributed by atoms with Crippen molar-refractivity contribution in [2.24, 2.45) is 0 Å². The Balaban J connectivity index is 1.55. The number of carbonyl (C=O) groups excluding carboxylic acids is 1. The average Bonchev–Trinajstić information content (AvgIpc) is 2.87. The fourth-order valence-corrected chi connectivity index (χ4v) is 4.84. The molecule has 14 heteroatoms. The van der Waals surface area contributed by atoms with Crippen molar-refractivity contribution in [3.8, 4) is 11.5 Å². The highest BCUT2D eigenvalue weighted by Crippen LogP contribution is 2.33. The molecule has 39 heavy (non-hydrogen) atoms. The number of nitrogens with zero attached hydrogens (tertiary/aromatic N) is 1. The summed E-state index contributed by atoms with van der Waals surface area (Å²) in [5, 5.41) is 2.26. The van der Waals surface area contributed by atoms with E-state index >= 15 is 0 Å². The lowest BCUT2D eigenvalue weighted by molar-refractivity contribution is -0.137. The summed E-state index contributed by atoms with van der Waals surface area (Å²) in [6.45, 7) is 0. The van der Waals surface area contributed by atoms with Gasteiger partial charge in [-0.25, -0.2) is 13.4 Å². The lowest BCUT2D eigenvalue weighted by atomic mass is 10.1. The van der Waals surface area contributed by atoms with Crippen LogP contribution >= 0.6 is 34.8 Å². The molecule has 3 aromatic carbocycles. The van der Waals surface area contributed by atoms with Gasteiger partial charge in [-0.2, -0.15) is 13.2 Å². The van der Waals surface area contributed by atoms with E-state index < -0.39 is 32.7 Å². The van der Waals surface area contributed by atoms with Crippen LogP contribution in [0.4, 0.5) is 24.7 Å². The number of aromatic nitrogens is 1. The third-order valence-corrected chi connectivity index (χ3v) is 7.29. The minimum atomic E-state index is -4.68. The van der Waals surface area contributed by atoms with Crippen molar-refractivity contribution in [2.45, 2.75) is 11.1 Å². The fraction of sp³-hybridized carbons (Fsp3) is 0.0400. The SMILES string of the molecule is O=C(Nc1ncc(C(F)(F)F)cc1Cl)c1cc(Cl)ccc1NS(=O)(=O)c1ccc(Oc2ccccc2Cl)cc1. The summed E-state index contributed by atoms with van der Waals surface area (Å²) in [6.07, 6.45) is -4.18. The molecule has 7 nitrogen and oxygen atoms in total. The van der Waals surface area contributed by atoms with E-state index in [1.54, 1.807) is 24.3 Å². The molecule has 1 heterocycles. The van der Waals surface area contributed by atoms with E-state index in [0.29, 0.717) is 28.8 Å². The van der Waals surface area contributed by atoms with Gasteiger partial charge in [-0.1, -0.05) is 46.9 Å². The monoisotopic (exact) mass is 615 g/mol. The summed E-state index contributed by atoms with van der Waals surface area (Å²) in [4.78, 5) is 16.3. The van der Waals surface area contributed by atoms with Crippen LogP contribution in [0.3, 0.4) is 0 Å². The number of anilines is 2. The molecule has 1 aromatic heterocycles. The summed E-state index contributed by atoms with van der Waals surface area (Å²) in [5.74, 6) is -0.577. The number of carbonyl (C=O) groups is 1. The van der Waals surface area contributed by atoms with Crippen LogP contribution < -0.4 is 14.8 Å².